The molecule has 1 amide bonds. The molecule has 2 atom stereocenters. The van der Waals surface area contributed by atoms with Crippen molar-refractivity contribution in [2.75, 3.05) is 6.54 Å². The molecule has 3 aromatic heterocycles. The van der Waals surface area contributed by atoms with Crippen molar-refractivity contribution in [3.63, 3.8) is 0 Å². The fraction of sp³-hybridized carbons (Fsp3) is 0.370. The second kappa shape index (κ2) is 10.2. The number of benzene rings is 1. The lowest BCUT2D eigenvalue weighted by atomic mass is 9.95. The molecule has 1 aromatic carbocycles. The Hall–Kier alpha value is -4.28. The topological polar surface area (TPSA) is 123 Å². The molecule has 0 radical (unpaired) electrons. The molecule has 4 heterocycles. The summed E-state index contributed by atoms with van der Waals surface area (Å²) >= 11 is 0. The molecule has 0 fully saturated rings. The highest BCUT2D eigenvalue weighted by Crippen LogP contribution is 2.40. The zero-order chi connectivity index (χ0) is 26.1. The minimum atomic E-state index is -0.642. The minimum absolute atomic E-state index is 0.00985. The predicted molar refractivity (Wildman–Crippen MR) is 132 cm³/mol. The maximum absolute atomic E-state index is 13.1. The SMILES string of the molecule is Cc1ocnc1C(Oc1cc2c(cc1-c1nn[nH]n1)CCN(C(=O)CCc1ccc(F)o1)C2)C1C=CCC1. The molecule has 2 aliphatic rings. The number of oxazole rings is 1. The maximum atomic E-state index is 13.1. The van der Waals surface area contributed by atoms with Crippen LogP contribution in [0.4, 0.5) is 4.39 Å². The smallest absolute Gasteiger partial charge is 0.277 e. The average Bonchev–Trinajstić information content (AvgIpc) is 3.74. The van der Waals surface area contributed by atoms with Crippen LogP contribution in [0.2, 0.25) is 0 Å². The van der Waals surface area contributed by atoms with Gasteiger partial charge in [0.05, 0.1) is 5.56 Å². The summed E-state index contributed by atoms with van der Waals surface area (Å²) < 4.78 is 30.3. The van der Waals surface area contributed by atoms with Gasteiger partial charge < -0.3 is 18.5 Å². The van der Waals surface area contributed by atoms with Crippen molar-refractivity contribution in [2.45, 2.75) is 51.7 Å². The molecule has 11 heteroatoms. The van der Waals surface area contributed by atoms with Crippen LogP contribution in [0.15, 0.2) is 51.6 Å². The number of carbonyl (C=O) groups excluding carboxylic acids is 1. The van der Waals surface area contributed by atoms with Gasteiger partial charge in [-0.1, -0.05) is 12.2 Å². The van der Waals surface area contributed by atoms with E-state index < -0.39 is 6.01 Å². The monoisotopic (exact) mass is 518 g/mol. The fourth-order valence-corrected chi connectivity index (χ4v) is 5.20. The summed E-state index contributed by atoms with van der Waals surface area (Å²) in [7, 11) is 0. The second-order valence-corrected chi connectivity index (χ2v) is 9.63. The number of aromatic amines is 1. The number of H-pyrrole nitrogens is 1. The number of nitrogens with zero attached hydrogens (tertiary/aromatic N) is 5. The highest BCUT2D eigenvalue weighted by molar-refractivity contribution is 5.77. The molecule has 0 bridgehead atoms. The van der Waals surface area contributed by atoms with E-state index in [1.807, 2.05) is 24.0 Å². The lowest BCUT2D eigenvalue weighted by molar-refractivity contribution is -0.132. The molecule has 1 aliphatic carbocycles. The van der Waals surface area contributed by atoms with Crippen molar-refractivity contribution in [3.8, 4) is 17.1 Å². The summed E-state index contributed by atoms with van der Waals surface area (Å²) in [5.74, 6) is 2.33. The van der Waals surface area contributed by atoms with E-state index in [9.17, 15) is 9.18 Å². The maximum Gasteiger partial charge on any atom is 0.277 e. The first kappa shape index (κ1) is 24.1. The van der Waals surface area contributed by atoms with E-state index in [1.165, 1.54) is 12.5 Å². The molecule has 10 nitrogen and oxygen atoms in total. The Morgan fingerprint density at radius 1 is 1.32 bits per heavy atom. The van der Waals surface area contributed by atoms with Gasteiger partial charge in [-0.25, -0.2) is 4.98 Å². The summed E-state index contributed by atoms with van der Waals surface area (Å²) in [4.78, 5) is 19.2. The highest BCUT2D eigenvalue weighted by Gasteiger charge is 2.31. The zero-order valence-corrected chi connectivity index (χ0v) is 20.9. The van der Waals surface area contributed by atoms with E-state index in [0.29, 0.717) is 49.0 Å². The van der Waals surface area contributed by atoms with Crippen LogP contribution in [-0.4, -0.2) is 43.0 Å². The van der Waals surface area contributed by atoms with Gasteiger partial charge in [0, 0.05) is 37.9 Å². The highest BCUT2D eigenvalue weighted by atomic mass is 19.1. The van der Waals surface area contributed by atoms with Crippen LogP contribution >= 0.6 is 0 Å². The Morgan fingerprint density at radius 3 is 2.95 bits per heavy atom. The van der Waals surface area contributed by atoms with E-state index >= 15 is 0 Å². The van der Waals surface area contributed by atoms with Crippen LogP contribution in [0.3, 0.4) is 0 Å². The van der Waals surface area contributed by atoms with Gasteiger partial charge in [0.2, 0.25) is 11.7 Å². The molecular weight excluding hydrogens is 491 g/mol. The first-order valence-corrected chi connectivity index (χ1v) is 12.7. The molecule has 196 valence electrons. The van der Waals surface area contributed by atoms with Crippen molar-refractivity contribution in [2.24, 2.45) is 5.92 Å². The summed E-state index contributed by atoms with van der Waals surface area (Å²) in [6.45, 7) is 2.91. The number of aryl methyl sites for hydroxylation is 2. The number of furan rings is 1. The van der Waals surface area contributed by atoms with Crippen LogP contribution in [0.1, 0.15) is 53.7 Å². The average molecular weight is 519 g/mol. The Labute approximate surface area is 217 Å². The number of nitrogens with one attached hydrogen (secondary N) is 1. The Morgan fingerprint density at radius 2 is 2.24 bits per heavy atom. The zero-order valence-electron chi connectivity index (χ0n) is 20.9. The minimum Gasteiger partial charge on any atom is -0.483 e. The van der Waals surface area contributed by atoms with Gasteiger partial charge in [0.15, 0.2) is 12.5 Å². The normalized spacial score (nSPS) is 17.5. The van der Waals surface area contributed by atoms with Crippen LogP contribution in [0.5, 0.6) is 5.75 Å². The molecule has 6 rings (SSSR count). The summed E-state index contributed by atoms with van der Waals surface area (Å²) in [6, 6.07) is 6.18. The number of ether oxygens (including phenoxy) is 1. The number of allylic oxidation sites excluding steroid dienone is 1. The molecule has 0 spiro atoms. The Kier molecular flexibility index (Phi) is 6.48. The molecular formula is C27H27FN6O4. The largest absolute Gasteiger partial charge is 0.483 e. The van der Waals surface area contributed by atoms with Crippen LogP contribution in [0, 0.1) is 18.9 Å². The molecule has 1 aliphatic heterocycles. The third-order valence-corrected chi connectivity index (χ3v) is 7.21. The summed E-state index contributed by atoms with van der Waals surface area (Å²) in [5.41, 5.74) is 3.58. The van der Waals surface area contributed by atoms with Gasteiger partial charge in [-0.05, 0) is 60.7 Å². The number of tetrazole rings is 1. The van der Waals surface area contributed by atoms with Gasteiger partial charge >= 0.3 is 0 Å². The number of aromatic nitrogens is 5. The first-order chi connectivity index (χ1) is 18.5. The van der Waals surface area contributed by atoms with E-state index in [-0.39, 0.29) is 24.3 Å². The van der Waals surface area contributed by atoms with E-state index in [1.54, 1.807) is 6.07 Å². The van der Waals surface area contributed by atoms with Crippen molar-refractivity contribution in [1.29, 1.82) is 0 Å². The molecule has 0 saturated carbocycles. The van der Waals surface area contributed by atoms with Gasteiger partial charge in [-0.3, -0.25) is 4.79 Å². The van der Waals surface area contributed by atoms with E-state index in [4.69, 9.17) is 13.6 Å². The second-order valence-electron chi connectivity index (χ2n) is 9.63. The van der Waals surface area contributed by atoms with Gasteiger partial charge in [0.1, 0.15) is 23.0 Å². The lowest BCUT2D eigenvalue weighted by Gasteiger charge is -2.31. The number of fused-ring (bicyclic) bond motifs is 1. The molecule has 38 heavy (non-hydrogen) atoms. The van der Waals surface area contributed by atoms with Crippen molar-refractivity contribution in [1.82, 2.24) is 30.5 Å². The quantitative estimate of drug-likeness (QED) is 0.338. The third-order valence-electron chi connectivity index (χ3n) is 7.21. The van der Waals surface area contributed by atoms with Crippen LogP contribution in [-0.2, 0) is 24.2 Å². The van der Waals surface area contributed by atoms with Gasteiger partial charge in [-0.15, -0.1) is 10.2 Å². The summed E-state index contributed by atoms with van der Waals surface area (Å²) in [5, 5.41) is 14.7. The van der Waals surface area contributed by atoms with Crippen LogP contribution in [0.25, 0.3) is 11.4 Å². The van der Waals surface area contributed by atoms with Crippen LogP contribution < -0.4 is 4.74 Å². The molecule has 1 N–H and O–H groups in total. The third kappa shape index (κ3) is 4.83. The molecule has 0 saturated heterocycles. The van der Waals surface area contributed by atoms with Crippen molar-refractivity contribution in [3.05, 3.63) is 77.2 Å². The standard InChI is InChI=1S/C27H27FN6O4/c1-16-25(29-15-36-16)26(17-4-2-3-5-17)38-22-13-19-14-34(24(35)9-7-20-6-8-23(28)37-20)11-10-18(19)12-21(22)27-30-32-33-31-27/h2,4,6,8,12-13,15,17,26H,3,5,7,9-11,14H2,1H3,(H,30,31,32,33). The number of hydrogen-bond acceptors (Lipinski definition) is 8. The number of amides is 1. The fourth-order valence-electron chi connectivity index (χ4n) is 5.20. The number of hydrogen-bond donors (Lipinski definition) is 1. The van der Waals surface area contributed by atoms with Crippen molar-refractivity contribution >= 4 is 5.91 Å². The lowest BCUT2D eigenvalue weighted by Crippen LogP contribution is -2.36. The van der Waals surface area contributed by atoms with Gasteiger partial charge in [0.25, 0.3) is 6.01 Å². The van der Waals surface area contributed by atoms with Gasteiger partial charge in [-0.2, -0.15) is 9.60 Å². The number of rotatable bonds is 8. The Balaban J connectivity index is 1.28. The first-order valence-electron chi connectivity index (χ1n) is 12.7. The summed E-state index contributed by atoms with van der Waals surface area (Å²) in [6.07, 6.45) is 8.60. The number of halogens is 1. The number of carbonyl (C=O) groups is 1. The molecule has 2 unspecified atom stereocenters. The molecule has 4 aromatic rings. The Bertz CT molecular complexity index is 1460. The van der Waals surface area contributed by atoms with Crippen molar-refractivity contribution < 1.29 is 22.8 Å². The predicted octanol–water partition coefficient (Wildman–Crippen LogP) is 4.50. The van der Waals surface area contributed by atoms with E-state index in [2.05, 4.69) is 37.8 Å². The van der Waals surface area contributed by atoms with E-state index in [0.717, 1.165) is 35.2 Å².